The molecule has 5 nitrogen and oxygen atoms in total. The van der Waals surface area contributed by atoms with Gasteiger partial charge in [0.25, 0.3) is 5.91 Å². The van der Waals surface area contributed by atoms with E-state index in [4.69, 9.17) is 5.73 Å². The van der Waals surface area contributed by atoms with Crippen molar-refractivity contribution in [3.05, 3.63) is 11.9 Å². The van der Waals surface area contributed by atoms with Crippen LogP contribution in [0.1, 0.15) is 24.3 Å². The molecular formula is C9H13F3N4O. The van der Waals surface area contributed by atoms with Crippen LogP contribution in [0.15, 0.2) is 6.20 Å². The van der Waals surface area contributed by atoms with Crippen LogP contribution in [0.3, 0.4) is 0 Å². The Hall–Kier alpha value is -1.73. The molecule has 1 rings (SSSR count). The number of alkyl halides is 3. The van der Waals surface area contributed by atoms with Gasteiger partial charge >= 0.3 is 6.18 Å². The molecule has 0 aliphatic rings. The van der Waals surface area contributed by atoms with Crippen LogP contribution in [0.4, 0.5) is 18.9 Å². The van der Waals surface area contributed by atoms with Gasteiger partial charge in [-0.15, -0.1) is 0 Å². The monoisotopic (exact) mass is 250 g/mol. The molecule has 0 spiro atoms. The zero-order valence-electron chi connectivity index (χ0n) is 9.38. The summed E-state index contributed by atoms with van der Waals surface area (Å²) < 4.78 is 37.2. The molecule has 96 valence electrons. The molecule has 1 aromatic heterocycles. The highest BCUT2D eigenvalue weighted by molar-refractivity contribution is 5.97. The molecule has 0 bridgehead atoms. The molecule has 0 aliphatic heterocycles. The van der Waals surface area contributed by atoms with Crippen LogP contribution < -0.4 is 11.1 Å². The molecule has 0 unspecified atom stereocenters. The number of aromatic nitrogens is 2. The number of rotatable bonds is 3. The van der Waals surface area contributed by atoms with E-state index in [1.165, 1.54) is 0 Å². The Balaban J connectivity index is 2.98. The number of hydrogen-bond donors (Lipinski definition) is 2. The van der Waals surface area contributed by atoms with Crippen molar-refractivity contribution in [2.24, 2.45) is 0 Å². The normalized spacial score (nSPS) is 11.9. The molecule has 0 saturated carbocycles. The van der Waals surface area contributed by atoms with Crippen molar-refractivity contribution < 1.29 is 18.0 Å². The number of carbonyl (C=O) groups excluding carboxylic acids is 1. The van der Waals surface area contributed by atoms with Gasteiger partial charge < -0.3 is 11.1 Å². The first-order valence-corrected chi connectivity index (χ1v) is 4.89. The summed E-state index contributed by atoms with van der Waals surface area (Å²) in [6, 6.07) is -0.198. The van der Waals surface area contributed by atoms with E-state index in [1.54, 1.807) is 13.8 Å². The molecule has 0 saturated heterocycles. The van der Waals surface area contributed by atoms with Crippen molar-refractivity contribution in [2.45, 2.75) is 32.6 Å². The fraction of sp³-hybridized carbons (Fsp3) is 0.556. The molecule has 0 atom stereocenters. The summed E-state index contributed by atoms with van der Waals surface area (Å²) in [5.41, 5.74) is 5.08. The average molecular weight is 250 g/mol. The molecule has 0 radical (unpaired) electrons. The first kappa shape index (κ1) is 13.3. The Labute approximate surface area is 95.8 Å². The molecule has 0 fully saturated rings. The minimum atomic E-state index is -4.45. The van der Waals surface area contributed by atoms with Crippen molar-refractivity contribution >= 4 is 11.6 Å². The van der Waals surface area contributed by atoms with Crippen LogP contribution in [-0.4, -0.2) is 27.9 Å². The van der Waals surface area contributed by atoms with Crippen molar-refractivity contribution in [1.82, 2.24) is 15.1 Å². The largest absolute Gasteiger partial charge is 0.408 e. The Kier molecular flexibility index (Phi) is 3.64. The summed E-state index contributed by atoms with van der Waals surface area (Å²) >= 11 is 0. The third kappa shape index (κ3) is 3.65. The molecular weight excluding hydrogens is 237 g/mol. The topological polar surface area (TPSA) is 72.9 Å². The van der Waals surface area contributed by atoms with Gasteiger partial charge in [0.05, 0.1) is 11.9 Å². The summed E-state index contributed by atoms with van der Waals surface area (Å²) in [6.45, 7) is 2.04. The number of carbonyl (C=O) groups is 1. The first-order valence-electron chi connectivity index (χ1n) is 4.89. The lowest BCUT2D eigenvalue weighted by Gasteiger charge is -2.12. The molecule has 0 aliphatic carbocycles. The van der Waals surface area contributed by atoms with Gasteiger partial charge in [0.1, 0.15) is 12.2 Å². The summed E-state index contributed by atoms with van der Waals surface area (Å²) in [4.78, 5) is 11.6. The summed E-state index contributed by atoms with van der Waals surface area (Å²) in [5.74, 6) is -0.667. The number of amides is 1. The van der Waals surface area contributed by atoms with Crippen LogP contribution in [0, 0.1) is 0 Å². The molecule has 1 aromatic rings. The maximum Gasteiger partial charge on any atom is 0.408 e. The Morgan fingerprint density at radius 3 is 2.65 bits per heavy atom. The number of nitrogen functional groups attached to an aromatic ring is 1. The van der Waals surface area contributed by atoms with Crippen LogP contribution >= 0.6 is 0 Å². The van der Waals surface area contributed by atoms with Crippen LogP contribution in [0.5, 0.6) is 0 Å². The Morgan fingerprint density at radius 1 is 1.59 bits per heavy atom. The predicted octanol–water partition coefficient (Wildman–Crippen LogP) is 1.17. The van der Waals surface area contributed by atoms with Gasteiger partial charge in [0.15, 0.2) is 0 Å². The standard InChI is InChI=1S/C9H13F3N4O/c1-5(2)15-8(17)7-6(13)3-14-16(7)4-9(10,11)12/h3,5H,4,13H2,1-2H3,(H,15,17). The van der Waals surface area contributed by atoms with Crippen molar-refractivity contribution in [2.75, 3.05) is 5.73 Å². The quantitative estimate of drug-likeness (QED) is 0.845. The van der Waals surface area contributed by atoms with Gasteiger partial charge in [0, 0.05) is 6.04 Å². The second-order valence-corrected chi connectivity index (χ2v) is 3.85. The van der Waals surface area contributed by atoms with E-state index in [1.807, 2.05) is 0 Å². The second kappa shape index (κ2) is 4.64. The highest BCUT2D eigenvalue weighted by atomic mass is 19.4. The molecule has 3 N–H and O–H groups in total. The van der Waals surface area contributed by atoms with E-state index in [0.717, 1.165) is 6.20 Å². The maximum absolute atomic E-state index is 12.2. The fourth-order valence-electron chi connectivity index (χ4n) is 1.27. The smallest absolute Gasteiger partial charge is 0.396 e. The minimum Gasteiger partial charge on any atom is -0.396 e. The van der Waals surface area contributed by atoms with Crippen LogP contribution in [0.25, 0.3) is 0 Å². The number of nitrogens with zero attached hydrogens (tertiary/aromatic N) is 2. The van der Waals surface area contributed by atoms with Crippen LogP contribution in [-0.2, 0) is 6.54 Å². The lowest BCUT2D eigenvalue weighted by Crippen LogP contribution is -2.33. The van der Waals surface area contributed by atoms with Gasteiger partial charge in [-0.05, 0) is 13.8 Å². The SMILES string of the molecule is CC(C)NC(=O)c1c(N)cnn1CC(F)(F)F. The fourth-order valence-corrected chi connectivity index (χ4v) is 1.27. The van der Waals surface area contributed by atoms with E-state index in [2.05, 4.69) is 10.4 Å². The van der Waals surface area contributed by atoms with Gasteiger partial charge in [-0.3, -0.25) is 4.79 Å². The zero-order chi connectivity index (χ0) is 13.2. The van der Waals surface area contributed by atoms with Crippen molar-refractivity contribution in [3.8, 4) is 0 Å². The molecule has 0 aromatic carbocycles. The van der Waals surface area contributed by atoms with Gasteiger partial charge in [0.2, 0.25) is 0 Å². The molecule has 1 heterocycles. The minimum absolute atomic E-state index is 0.0765. The number of hydrogen-bond acceptors (Lipinski definition) is 3. The third-order valence-electron chi connectivity index (χ3n) is 1.83. The lowest BCUT2D eigenvalue weighted by molar-refractivity contribution is -0.142. The third-order valence-corrected chi connectivity index (χ3v) is 1.83. The summed E-state index contributed by atoms with van der Waals surface area (Å²) in [5, 5.41) is 5.91. The number of anilines is 1. The first-order chi connectivity index (χ1) is 7.70. The van der Waals surface area contributed by atoms with E-state index in [-0.39, 0.29) is 17.4 Å². The second-order valence-electron chi connectivity index (χ2n) is 3.85. The number of halogens is 3. The summed E-state index contributed by atoms with van der Waals surface area (Å²) in [7, 11) is 0. The molecule has 17 heavy (non-hydrogen) atoms. The lowest BCUT2D eigenvalue weighted by atomic mass is 10.3. The van der Waals surface area contributed by atoms with Crippen molar-refractivity contribution in [1.29, 1.82) is 0 Å². The molecule has 1 amide bonds. The van der Waals surface area contributed by atoms with Gasteiger partial charge in [-0.2, -0.15) is 18.3 Å². The predicted molar refractivity (Wildman–Crippen MR) is 55.3 cm³/mol. The van der Waals surface area contributed by atoms with Crippen molar-refractivity contribution in [3.63, 3.8) is 0 Å². The van der Waals surface area contributed by atoms with Gasteiger partial charge in [-0.25, -0.2) is 4.68 Å². The van der Waals surface area contributed by atoms with E-state index in [0.29, 0.717) is 4.68 Å². The Morgan fingerprint density at radius 2 is 2.18 bits per heavy atom. The Bertz CT molecular complexity index is 411. The van der Waals surface area contributed by atoms with E-state index >= 15 is 0 Å². The van der Waals surface area contributed by atoms with Gasteiger partial charge in [-0.1, -0.05) is 0 Å². The zero-order valence-corrected chi connectivity index (χ0v) is 9.38. The van der Waals surface area contributed by atoms with Crippen LogP contribution in [0.2, 0.25) is 0 Å². The van der Waals surface area contributed by atoms with E-state index in [9.17, 15) is 18.0 Å². The highest BCUT2D eigenvalue weighted by Crippen LogP contribution is 2.20. The molecule has 8 heteroatoms. The van der Waals surface area contributed by atoms with E-state index < -0.39 is 18.6 Å². The maximum atomic E-state index is 12.2. The summed E-state index contributed by atoms with van der Waals surface area (Å²) in [6.07, 6.45) is -3.42. The number of nitrogens with two attached hydrogens (primary N) is 1. The highest BCUT2D eigenvalue weighted by Gasteiger charge is 2.31. The average Bonchev–Trinajstić information content (AvgIpc) is 2.42. The number of nitrogens with one attached hydrogen (secondary N) is 1.